The third kappa shape index (κ3) is 3.65. The predicted octanol–water partition coefficient (Wildman–Crippen LogP) is 3.55. The van der Waals surface area contributed by atoms with E-state index in [4.69, 9.17) is 4.74 Å². The summed E-state index contributed by atoms with van der Waals surface area (Å²) >= 11 is 0. The zero-order valence-corrected chi connectivity index (χ0v) is 18.8. The van der Waals surface area contributed by atoms with Crippen LogP contribution in [-0.2, 0) is 19.9 Å². The Morgan fingerprint density at radius 1 is 0.967 bits per heavy atom. The van der Waals surface area contributed by atoms with Crippen LogP contribution in [-0.4, -0.2) is 45.1 Å². The standard InChI is InChI=1S/C22H27NO5S2/c1-3-28-21-12-9-16(2)13-22(21)30(26,27)23-17-10-11-18(23)15-20(14-17)29(24,25)19-7-5-4-6-8-19/h4-9,12-13,17-18,20H,3,10-11,14-15H2,1-2H3. The van der Waals surface area contributed by atoms with Crippen LogP contribution in [0.1, 0.15) is 38.2 Å². The molecule has 0 amide bonds. The van der Waals surface area contributed by atoms with Crippen molar-refractivity contribution in [1.29, 1.82) is 0 Å². The molecule has 30 heavy (non-hydrogen) atoms. The summed E-state index contributed by atoms with van der Waals surface area (Å²) in [5.74, 6) is 0.349. The molecule has 0 saturated carbocycles. The first kappa shape index (κ1) is 21.3. The fraction of sp³-hybridized carbons (Fsp3) is 0.455. The molecule has 2 aromatic carbocycles. The lowest BCUT2D eigenvalue weighted by Crippen LogP contribution is -2.49. The van der Waals surface area contributed by atoms with E-state index in [0.717, 1.165) is 5.56 Å². The van der Waals surface area contributed by atoms with E-state index in [1.54, 1.807) is 46.8 Å². The Bertz CT molecular complexity index is 1120. The molecule has 0 spiro atoms. The van der Waals surface area contributed by atoms with E-state index in [0.29, 0.717) is 42.9 Å². The van der Waals surface area contributed by atoms with Gasteiger partial charge in [0.1, 0.15) is 10.6 Å². The summed E-state index contributed by atoms with van der Waals surface area (Å²) in [6.07, 6.45) is 2.01. The maximum absolute atomic E-state index is 13.6. The van der Waals surface area contributed by atoms with Crippen LogP contribution in [0.25, 0.3) is 0 Å². The summed E-state index contributed by atoms with van der Waals surface area (Å²) in [5.41, 5.74) is 0.839. The topological polar surface area (TPSA) is 80.8 Å². The van der Waals surface area contributed by atoms with Gasteiger partial charge in [-0.25, -0.2) is 16.8 Å². The van der Waals surface area contributed by atoms with Crippen LogP contribution in [0, 0.1) is 6.92 Å². The Kier molecular flexibility index (Phi) is 5.67. The largest absolute Gasteiger partial charge is 0.492 e. The van der Waals surface area contributed by atoms with Crippen LogP contribution in [0.5, 0.6) is 5.75 Å². The number of sulfone groups is 1. The van der Waals surface area contributed by atoms with E-state index in [-0.39, 0.29) is 17.0 Å². The SMILES string of the molecule is CCOc1ccc(C)cc1S(=O)(=O)N1C2CCC1CC(S(=O)(=O)c1ccccc1)C2. The number of piperidine rings is 1. The van der Waals surface area contributed by atoms with Gasteiger partial charge in [-0.1, -0.05) is 24.3 Å². The zero-order valence-electron chi connectivity index (χ0n) is 17.2. The van der Waals surface area contributed by atoms with Crippen molar-refractivity contribution in [2.45, 2.75) is 66.7 Å². The highest BCUT2D eigenvalue weighted by molar-refractivity contribution is 7.92. The smallest absolute Gasteiger partial charge is 0.247 e. The summed E-state index contributed by atoms with van der Waals surface area (Å²) in [6.45, 7) is 4.04. The van der Waals surface area contributed by atoms with Crippen molar-refractivity contribution in [2.75, 3.05) is 6.61 Å². The van der Waals surface area contributed by atoms with E-state index in [1.807, 2.05) is 19.9 Å². The minimum Gasteiger partial charge on any atom is -0.492 e. The molecule has 0 aromatic heterocycles. The number of fused-ring (bicyclic) bond motifs is 2. The fourth-order valence-electron chi connectivity index (χ4n) is 4.74. The normalized spacial score (nSPS) is 24.7. The Hall–Kier alpha value is -1.90. The van der Waals surface area contributed by atoms with Gasteiger partial charge in [0.05, 0.1) is 16.8 Å². The molecule has 8 heteroatoms. The van der Waals surface area contributed by atoms with E-state index in [1.165, 1.54) is 0 Å². The van der Waals surface area contributed by atoms with Crippen molar-refractivity contribution in [1.82, 2.24) is 4.31 Å². The van der Waals surface area contributed by atoms with Crippen LogP contribution >= 0.6 is 0 Å². The summed E-state index contributed by atoms with van der Waals surface area (Å²) in [4.78, 5) is 0.480. The molecule has 4 rings (SSSR count). The van der Waals surface area contributed by atoms with Gasteiger partial charge in [0, 0.05) is 12.1 Å². The molecular weight excluding hydrogens is 422 g/mol. The van der Waals surface area contributed by atoms with Crippen molar-refractivity contribution in [3.05, 3.63) is 54.1 Å². The zero-order chi connectivity index (χ0) is 21.5. The summed E-state index contributed by atoms with van der Waals surface area (Å²) in [5, 5.41) is -0.562. The average Bonchev–Trinajstić information content (AvgIpc) is 3.01. The number of hydrogen-bond acceptors (Lipinski definition) is 5. The van der Waals surface area contributed by atoms with Gasteiger partial charge < -0.3 is 4.74 Å². The van der Waals surface area contributed by atoms with E-state index in [2.05, 4.69) is 0 Å². The maximum atomic E-state index is 13.6. The quantitative estimate of drug-likeness (QED) is 0.674. The lowest BCUT2D eigenvalue weighted by molar-refractivity contribution is 0.247. The molecule has 2 saturated heterocycles. The Morgan fingerprint density at radius 2 is 1.60 bits per heavy atom. The van der Waals surface area contributed by atoms with Gasteiger partial charge in [-0.2, -0.15) is 4.31 Å². The monoisotopic (exact) mass is 449 g/mol. The van der Waals surface area contributed by atoms with Crippen LogP contribution in [0.15, 0.2) is 58.3 Å². The third-order valence-electron chi connectivity index (χ3n) is 6.09. The van der Waals surface area contributed by atoms with Gasteiger partial charge in [0.25, 0.3) is 0 Å². The van der Waals surface area contributed by atoms with Gasteiger partial charge in [0.15, 0.2) is 9.84 Å². The van der Waals surface area contributed by atoms with Crippen LogP contribution in [0.3, 0.4) is 0 Å². The number of nitrogens with zero attached hydrogens (tertiary/aromatic N) is 1. The first-order valence-corrected chi connectivity index (χ1v) is 13.3. The fourth-order valence-corrected chi connectivity index (χ4v) is 8.72. The Balaban J connectivity index is 1.66. The van der Waals surface area contributed by atoms with Gasteiger partial charge in [-0.15, -0.1) is 0 Å². The maximum Gasteiger partial charge on any atom is 0.247 e. The summed E-state index contributed by atoms with van der Waals surface area (Å²) in [6, 6.07) is 13.0. The van der Waals surface area contributed by atoms with Crippen LogP contribution in [0.4, 0.5) is 0 Å². The number of benzene rings is 2. The average molecular weight is 450 g/mol. The Labute approximate surface area is 178 Å². The number of aryl methyl sites for hydroxylation is 1. The second kappa shape index (κ2) is 7.98. The third-order valence-corrected chi connectivity index (χ3v) is 10.3. The molecule has 0 aliphatic carbocycles. The lowest BCUT2D eigenvalue weighted by Gasteiger charge is -2.37. The van der Waals surface area contributed by atoms with Gasteiger partial charge in [-0.3, -0.25) is 0 Å². The number of sulfonamides is 1. The molecule has 0 radical (unpaired) electrons. The lowest BCUT2D eigenvalue weighted by atomic mass is 10.1. The number of rotatable bonds is 6. The minimum absolute atomic E-state index is 0.172. The van der Waals surface area contributed by atoms with Crippen molar-refractivity contribution in [3.63, 3.8) is 0 Å². The second-order valence-electron chi connectivity index (χ2n) is 8.05. The molecule has 2 atom stereocenters. The van der Waals surface area contributed by atoms with Crippen molar-refractivity contribution >= 4 is 19.9 Å². The molecule has 2 unspecified atom stereocenters. The van der Waals surface area contributed by atoms with E-state index >= 15 is 0 Å². The molecule has 6 nitrogen and oxygen atoms in total. The Morgan fingerprint density at radius 3 is 2.20 bits per heavy atom. The van der Waals surface area contributed by atoms with Gasteiger partial charge in [-0.05, 0) is 69.4 Å². The summed E-state index contributed by atoms with van der Waals surface area (Å²) < 4.78 is 60.6. The molecule has 2 fully saturated rings. The van der Waals surface area contributed by atoms with Gasteiger partial charge in [0.2, 0.25) is 10.0 Å². The molecular formula is C22H27NO5S2. The predicted molar refractivity (Wildman–Crippen MR) is 115 cm³/mol. The molecule has 2 aliphatic heterocycles. The number of ether oxygens (including phenoxy) is 1. The van der Waals surface area contributed by atoms with Crippen LogP contribution in [0.2, 0.25) is 0 Å². The second-order valence-corrected chi connectivity index (χ2v) is 12.1. The summed E-state index contributed by atoms with van der Waals surface area (Å²) in [7, 11) is -7.28. The highest BCUT2D eigenvalue weighted by Crippen LogP contribution is 2.44. The molecule has 2 aliphatic rings. The molecule has 0 N–H and O–H groups in total. The van der Waals surface area contributed by atoms with Crippen molar-refractivity contribution < 1.29 is 21.6 Å². The minimum atomic E-state index is -3.79. The van der Waals surface area contributed by atoms with E-state index in [9.17, 15) is 16.8 Å². The van der Waals surface area contributed by atoms with Crippen molar-refractivity contribution in [2.24, 2.45) is 0 Å². The highest BCUT2D eigenvalue weighted by atomic mass is 32.2. The highest BCUT2D eigenvalue weighted by Gasteiger charge is 2.50. The molecule has 2 aromatic rings. The molecule has 2 bridgehead atoms. The molecule has 162 valence electrons. The molecule has 2 heterocycles. The van der Waals surface area contributed by atoms with E-state index < -0.39 is 25.1 Å². The van der Waals surface area contributed by atoms with Crippen LogP contribution < -0.4 is 4.74 Å². The number of hydrogen-bond donors (Lipinski definition) is 0. The first-order valence-electron chi connectivity index (χ1n) is 10.3. The van der Waals surface area contributed by atoms with Crippen molar-refractivity contribution in [3.8, 4) is 5.75 Å². The first-order chi connectivity index (χ1) is 14.2. The van der Waals surface area contributed by atoms with Gasteiger partial charge >= 0.3 is 0 Å².